The van der Waals surface area contributed by atoms with E-state index < -0.39 is 0 Å². The molecule has 0 aliphatic heterocycles. The van der Waals surface area contributed by atoms with Crippen LogP contribution in [0.4, 0.5) is 5.82 Å². The Balaban J connectivity index is 2.32. The van der Waals surface area contributed by atoms with Gasteiger partial charge in [0, 0.05) is 16.7 Å². The van der Waals surface area contributed by atoms with Gasteiger partial charge in [-0.05, 0) is 41.9 Å². The van der Waals surface area contributed by atoms with Gasteiger partial charge in [0.2, 0.25) is 0 Å². The van der Waals surface area contributed by atoms with Gasteiger partial charge in [0.1, 0.15) is 17.2 Å². The number of halogens is 1. The number of aryl methyl sites for hydroxylation is 2. The number of hydrogen-bond acceptors (Lipinski definition) is 3. The predicted molar refractivity (Wildman–Crippen MR) is 78.9 cm³/mol. The molecule has 0 amide bonds. The number of nitrogens with zero attached hydrogens (tertiary/aromatic N) is 4. The number of nitrogen functional groups attached to an aromatic ring is 1. The molecule has 0 saturated heterocycles. The molecule has 3 heterocycles. The predicted octanol–water partition coefficient (Wildman–Crippen LogP) is 2.87. The van der Waals surface area contributed by atoms with Crippen molar-refractivity contribution in [3.63, 3.8) is 0 Å². The van der Waals surface area contributed by atoms with E-state index in [9.17, 15) is 0 Å². The lowest BCUT2D eigenvalue weighted by Crippen LogP contribution is -2.00. The molecule has 0 saturated carbocycles. The molecule has 0 bridgehead atoms. The van der Waals surface area contributed by atoms with Crippen LogP contribution in [0, 0.1) is 6.92 Å². The second-order valence-corrected chi connectivity index (χ2v) is 5.23. The molecule has 0 aliphatic rings. The molecule has 2 N–H and O–H groups in total. The summed E-state index contributed by atoms with van der Waals surface area (Å²) in [4.78, 5) is 8.79. The molecule has 0 aliphatic carbocycles. The fraction of sp³-hybridized carbons (Fsp3) is 0.231. The molecule has 0 atom stereocenters. The second-order valence-electron chi connectivity index (χ2n) is 4.37. The Labute approximate surface area is 119 Å². The maximum atomic E-state index is 6.26. The van der Waals surface area contributed by atoms with E-state index in [4.69, 9.17) is 5.73 Å². The smallest absolute Gasteiger partial charge is 0.139 e. The molecule has 0 unspecified atom stereocenters. The Hall–Kier alpha value is -1.82. The normalized spacial score (nSPS) is 11.3. The Bertz CT molecular complexity index is 756. The van der Waals surface area contributed by atoms with Crippen molar-refractivity contribution in [2.45, 2.75) is 20.4 Å². The molecule has 0 spiro atoms. The van der Waals surface area contributed by atoms with E-state index in [1.165, 1.54) is 0 Å². The highest BCUT2D eigenvalue weighted by molar-refractivity contribution is 9.10. The lowest BCUT2D eigenvalue weighted by Gasteiger charge is -2.05. The zero-order valence-corrected chi connectivity index (χ0v) is 12.3. The van der Waals surface area contributed by atoms with Crippen LogP contribution >= 0.6 is 15.9 Å². The molecule has 0 aromatic carbocycles. The summed E-state index contributed by atoms with van der Waals surface area (Å²) in [7, 11) is 0. The first-order chi connectivity index (χ1) is 9.13. The van der Waals surface area contributed by atoms with Crippen molar-refractivity contribution in [2.75, 3.05) is 5.73 Å². The van der Waals surface area contributed by atoms with Gasteiger partial charge in [-0.15, -0.1) is 0 Å². The third kappa shape index (κ3) is 1.74. The van der Waals surface area contributed by atoms with Crippen LogP contribution in [0.25, 0.3) is 17.0 Å². The number of nitrogens with two attached hydrogens (primary N) is 1. The number of imidazole rings is 2. The van der Waals surface area contributed by atoms with E-state index in [2.05, 4.69) is 32.8 Å². The molecular formula is C13H14BrN5. The van der Waals surface area contributed by atoms with Crippen molar-refractivity contribution >= 4 is 27.4 Å². The van der Waals surface area contributed by atoms with Gasteiger partial charge in [-0.2, -0.15) is 0 Å². The summed E-state index contributed by atoms with van der Waals surface area (Å²) in [6.45, 7) is 4.92. The van der Waals surface area contributed by atoms with E-state index >= 15 is 0 Å². The Kier molecular flexibility index (Phi) is 2.82. The minimum atomic E-state index is 0.643. The van der Waals surface area contributed by atoms with E-state index in [0.717, 1.165) is 33.7 Å². The molecule has 0 fully saturated rings. The van der Waals surface area contributed by atoms with Crippen LogP contribution in [0.3, 0.4) is 0 Å². The van der Waals surface area contributed by atoms with Crippen LogP contribution in [-0.2, 0) is 6.54 Å². The zero-order chi connectivity index (χ0) is 13.6. The fourth-order valence-corrected chi connectivity index (χ4v) is 2.56. The maximum Gasteiger partial charge on any atom is 0.139 e. The van der Waals surface area contributed by atoms with Gasteiger partial charge in [-0.3, -0.25) is 4.40 Å². The molecule has 3 aromatic heterocycles. The lowest BCUT2D eigenvalue weighted by atomic mass is 10.3. The van der Waals surface area contributed by atoms with Gasteiger partial charge in [0.25, 0.3) is 0 Å². The zero-order valence-electron chi connectivity index (χ0n) is 10.8. The largest absolute Gasteiger partial charge is 0.383 e. The van der Waals surface area contributed by atoms with Crippen LogP contribution in [0.15, 0.2) is 29.1 Å². The standard InChI is InChI=1S/C13H14BrN5/c1-3-18-7-16-6-10(18)12-13(15)19-8(2)9(14)4-5-11(19)17-12/h4-7H,3,15H2,1-2H3. The van der Waals surface area contributed by atoms with Gasteiger partial charge >= 0.3 is 0 Å². The van der Waals surface area contributed by atoms with Crippen LogP contribution in [-0.4, -0.2) is 18.9 Å². The number of rotatable bonds is 2. The minimum absolute atomic E-state index is 0.643. The van der Waals surface area contributed by atoms with Gasteiger partial charge in [-0.1, -0.05) is 0 Å². The molecule has 3 aromatic rings. The molecule has 19 heavy (non-hydrogen) atoms. The third-order valence-corrected chi connectivity index (χ3v) is 4.13. The van der Waals surface area contributed by atoms with Crippen molar-refractivity contribution in [3.05, 3.63) is 34.8 Å². The van der Waals surface area contributed by atoms with Gasteiger partial charge in [-0.25, -0.2) is 9.97 Å². The number of pyridine rings is 1. The van der Waals surface area contributed by atoms with Crippen molar-refractivity contribution in [2.24, 2.45) is 0 Å². The van der Waals surface area contributed by atoms with Crippen molar-refractivity contribution in [1.29, 1.82) is 0 Å². The SMILES string of the molecule is CCn1cncc1-c1nc2ccc(Br)c(C)n2c1N. The lowest BCUT2D eigenvalue weighted by molar-refractivity contribution is 0.767. The summed E-state index contributed by atoms with van der Waals surface area (Å²) in [5.74, 6) is 0.643. The Morgan fingerprint density at radius 1 is 1.37 bits per heavy atom. The minimum Gasteiger partial charge on any atom is -0.383 e. The topological polar surface area (TPSA) is 61.1 Å². The maximum absolute atomic E-state index is 6.26. The van der Waals surface area contributed by atoms with Crippen LogP contribution in [0.1, 0.15) is 12.6 Å². The number of anilines is 1. The number of aromatic nitrogens is 4. The summed E-state index contributed by atoms with van der Waals surface area (Å²) < 4.78 is 4.99. The van der Waals surface area contributed by atoms with Crippen molar-refractivity contribution < 1.29 is 0 Å². The number of fused-ring (bicyclic) bond motifs is 1. The van der Waals surface area contributed by atoms with E-state index in [1.807, 2.05) is 28.0 Å². The van der Waals surface area contributed by atoms with Crippen LogP contribution < -0.4 is 5.73 Å². The van der Waals surface area contributed by atoms with Crippen molar-refractivity contribution in [1.82, 2.24) is 18.9 Å². The molecule has 3 rings (SSSR count). The molecule has 5 nitrogen and oxygen atoms in total. The highest BCUT2D eigenvalue weighted by Gasteiger charge is 2.16. The summed E-state index contributed by atoms with van der Waals surface area (Å²) in [5, 5.41) is 0. The van der Waals surface area contributed by atoms with E-state index in [-0.39, 0.29) is 0 Å². The van der Waals surface area contributed by atoms with Gasteiger partial charge in [0.05, 0.1) is 18.2 Å². The molecular weight excluding hydrogens is 306 g/mol. The summed E-state index contributed by atoms with van der Waals surface area (Å²) in [6, 6.07) is 3.93. The van der Waals surface area contributed by atoms with Crippen molar-refractivity contribution in [3.8, 4) is 11.4 Å². The van der Waals surface area contributed by atoms with Gasteiger partial charge in [0.15, 0.2) is 0 Å². The summed E-state index contributed by atoms with van der Waals surface area (Å²) in [6.07, 6.45) is 3.59. The van der Waals surface area contributed by atoms with Crippen LogP contribution in [0.2, 0.25) is 0 Å². The Morgan fingerprint density at radius 2 is 2.16 bits per heavy atom. The monoisotopic (exact) mass is 319 g/mol. The molecule has 0 radical (unpaired) electrons. The molecule has 98 valence electrons. The quantitative estimate of drug-likeness (QED) is 0.790. The highest BCUT2D eigenvalue weighted by atomic mass is 79.9. The van der Waals surface area contributed by atoms with Gasteiger partial charge < -0.3 is 10.3 Å². The fourth-order valence-electron chi connectivity index (χ4n) is 2.25. The first-order valence-corrected chi connectivity index (χ1v) is 6.86. The van der Waals surface area contributed by atoms with E-state index in [1.54, 1.807) is 12.5 Å². The van der Waals surface area contributed by atoms with Crippen LogP contribution in [0.5, 0.6) is 0 Å². The first kappa shape index (κ1) is 12.2. The Morgan fingerprint density at radius 3 is 2.89 bits per heavy atom. The second kappa shape index (κ2) is 4.38. The summed E-state index contributed by atoms with van der Waals surface area (Å²) in [5.41, 5.74) is 9.87. The van der Waals surface area contributed by atoms with E-state index in [0.29, 0.717) is 5.82 Å². The highest BCUT2D eigenvalue weighted by Crippen LogP contribution is 2.29. The third-order valence-electron chi connectivity index (χ3n) is 3.29. The first-order valence-electron chi connectivity index (χ1n) is 6.07. The summed E-state index contributed by atoms with van der Waals surface area (Å²) >= 11 is 3.51. The average molecular weight is 320 g/mol. The molecule has 6 heteroatoms. The number of hydrogen-bond donors (Lipinski definition) is 1. The average Bonchev–Trinajstić information content (AvgIpc) is 2.98.